The minimum atomic E-state index is -0.170. The van der Waals surface area contributed by atoms with E-state index in [0.717, 1.165) is 5.56 Å². The lowest BCUT2D eigenvalue weighted by molar-refractivity contribution is 0.280. The molecule has 0 saturated heterocycles. The Morgan fingerprint density at radius 3 is 2.69 bits per heavy atom. The van der Waals surface area contributed by atoms with Gasteiger partial charge in [-0.25, -0.2) is 0 Å². The summed E-state index contributed by atoms with van der Waals surface area (Å²) in [5.41, 5.74) is 12.0. The number of aryl methyl sites for hydroxylation is 2. The van der Waals surface area contributed by atoms with E-state index in [-0.39, 0.29) is 12.6 Å². The average molecular weight is 219 g/mol. The Morgan fingerprint density at radius 1 is 1.38 bits per heavy atom. The molecule has 16 heavy (non-hydrogen) atoms. The fraction of sp³-hybridized carbons (Fsp3) is 0.500. The molecule has 0 aliphatic carbocycles. The van der Waals surface area contributed by atoms with E-state index in [1.165, 1.54) is 11.1 Å². The van der Waals surface area contributed by atoms with Crippen LogP contribution in [0.25, 0.3) is 10.4 Å². The quantitative estimate of drug-likeness (QED) is 0.460. The molecule has 0 bridgehead atoms. The average Bonchev–Trinajstić information content (AvgIpc) is 2.28. The topological polar surface area (TPSA) is 69.0 Å². The van der Waals surface area contributed by atoms with Gasteiger partial charge in [-0.15, -0.1) is 0 Å². The lowest BCUT2D eigenvalue weighted by Gasteiger charge is -2.12. The molecule has 4 heteroatoms. The van der Waals surface area contributed by atoms with Gasteiger partial charge in [0.1, 0.15) is 0 Å². The van der Waals surface area contributed by atoms with Crippen LogP contribution in [-0.4, -0.2) is 11.7 Å². The number of benzene rings is 1. The SMILES string of the molecule is Cc1ccc(C(CCCO)N=[N+]=[N-])cc1C. The predicted octanol–water partition coefficient (Wildman–Crippen LogP) is 3.43. The van der Waals surface area contributed by atoms with Crippen molar-refractivity contribution in [2.45, 2.75) is 32.7 Å². The summed E-state index contributed by atoms with van der Waals surface area (Å²) in [5.74, 6) is 0. The molecule has 1 unspecified atom stereocenters. The first kappa shape index (κ1) is 12.6. The fourth-order valence-electron chi connectivity index (χ4n) is 1.61. The maximum absolute atomic E-state index is 8.79. The minimum Gasteiger partial charge on any atom is -0.396 e. The van der Waals surface area contributed by atoms with Crippen LogP contribution in [0.1, 0.15) is 35.6 Å². The van der Waals surface area contributed by atoms with Crippen molar-refractivity contribution >= 4 is 0 Å². The number of azide groups is 1. The number of hydrogen-bond acceptors (Lipinski definition) is 2. The summed E-state index contributed by atoms with van der Waals surface area (Å²) in [5, 5.41) is 12.6. The first-order valence-electron chi connectivity index (χ1n) is 5.41. The Bertz CT molecular complexity index is 397. The normalized spacial score (nSPS) is 11.9. The first-order chi connectivity index (χ1) is 7.69. The summed E-state index contributed by atoms with van der Waals surface area (Å²) >= 11 is 0. The molecule has 1 atom stereocenters. The zero-order chi connectivity index (χ0) is 12.0. The van der Waals surface area contributed by atoms with Crippen LogP contribution in [0.4, 0.5) is 0 Å². The molecular weight excluding hydrogens is 202 g/mol. The second-order valence-corrected chi connectivity index (χ2v) is 3.93. The van der Waals surface area contributed by atoms with Crippen molar-refractivity contribution in [3.8, 4) is 0 Å². The molecule has 86 valence electrons. The summed E-state index contributed by atoms with van der Waals surface area (Å²) in [4.78, 5) is 2.86. The second-order valence-electron chi connectivity index (χ2n) is 3.93. The van der Waals surface area contributed by atoms with E-state index in [1.807, 2.05) is 25.1 Å². The van der Waals surface area contributed by atoms with Crippen LogP contribution in [0.2, 0.25) is 0 Å². The number of nitrogens with zero attached hydrogens (tertiary/aromatic N) is 3. The van der Waals surface area contributed by atoms with E-state index in [0.29, 0.717) is 12.8 Å². The van der Waals surface area contributed by atoms with Crippen LogP contribution in [0.15, 0.2) is 23.3 Å². The van der Waals surface area contributed by atoms with Gasteiger partial charge in [-0.3, -0.25) is 0 Å². The van der Waals surface area contributed by atoms with E-state index < -0.39 is 0 Å². The molecule has 0 aliphatic heterocycles. The fourth-order valence-corrected chi connectivity index (χ4v) is 1.61. The smallest absolute Gasteiger partial charge is 0.0626 e. The summed E-state index contributed by atoms with van der Waals surface area (Å²) in [6, 6.07) is 5.89. The van der Waals surface area contributed by atoms with E-state index in [4.69, 9.17) is 10.6 Å². The van der Waals surface area contributed by atoms with E-state index >= 15 is 0 Å². The third-order valence-corrected chi connectivity index (χ3v) is 2.74. The molecule has 0 heterocycles. The van der Waals surface area contributed by atoms with Crippen LogP contribution in [0.5, 0.6) is 0 Å². The van der Waals surface area contributed by atoms with Crippen LogP contribution in [0.3, 0.4) is 0 Å². The molecular formula is C12H17N3O. The highest BCUT2D eigenvalue weighted by Gasteiger charge is 2.09. The standard InChI is InChI=1S/C12H17N3O/c1-9-5-6-11(8-10(9)2)12(14-15-13)4-3-7-16/h5-6,8,12,16H,3-4,7H2,1-2H3. The molecule has 0 fully saturated rings. The predicted molar refractivity (Wildman–Crippen MR) is 64.1 cm³/mol. The Labute approximate surface area is 95.5 Å². The van der Waals surface area contributed by atoms with Crippen molar-refractivity contribution in [1.82, 2.24) is 0 Å². The van der Waals surface area contributed by atoms with Gasteiger partial charge in [0.2, 0.25) is 0 Å². The highest BCUT2D eigenvalue weighted by Crippen LogP contribution is 2.24. The summed E-state index contributed by atoms with van der Waals surface area (Å²) in [6.45, 7) is 4.22. The summed E-state index contributed by atoms with van der Waals surface area (Å²) < 4.78 is 0. The molecule has 0 radical (unpaired) electrons. The van der Waals surface area contributed by atoms with Crippen LogP contribution < -0.4 is 0 Å². The zero-order valence-electron chi connectivity index (χ0n) is 9.72. The van der Waals surface area contributed by atoms with Crippen molar-refractivity contribution in [2.75, 3.05) is 6.61 Å². The molecule has 1 aromatic rings. The van der Waals surface area contributed by atoms with Crippen molar-refractivity contribution in [1.29, 1.82) is 0 Å². The molecule has 0 spiro atoms. The van der Waals surface area contributed by atoms with Crippen LogP contribution in [0, 0.1) is 13.8 Å². The van der Waals surface area contributed by atoms with Gasteiger partial charge < -0.3 is 5.11 Å². The third kappa shape index (κ3) is 3.26. The van der Waals surface area contributed by atoms with Crippen molar-refractivity contribution in [2.24, 2.45) is 5.11 Å². The second kappa shape index (κ2) is 6.16. The molecule has 0 saturated carbocycles. The van der Waals surface area contributed by atoms with Gasteiger partial charge in [0.15, 0.2) is 0 Å². The molecule has 1 N–H and O–H groups in total. The Balaban J connectivity index is 2.91. The van der Waals surface area contributed by atoms with Crippen molar-refractivity contribution in [3.05, 3.63) is 45.3 Å². The van der Waals surface area contributed by atoms with Gasteiger partial charge >= 0.3 is 0 Å². The van der Waals surface area contributed by atoms with Gasteiger partial charge in [-0.05, 0) is 48.9 Å². The number of hydrogen-bond donors (Lipinski definition) is 1. The molecule has 0 aromatic heterocycles. The van der Waals surface area contributed by atoms with E-state index in [9.17, 15) is 0 Å². The zero-order valence-corrected chi connectivity index (χ0v) is 9.72. The lowest BCUT2D eigenvalue weighted by atomic mass is 9.99. The molecule has 0 aliphatic rings. The molecule has 1 rings (SSSR count). The highest BCUT2D eigenvalue weighted by atomic mass is 16.2. The Kier molecular flexibility index (Phi) is 4.83. The maximum Gasteiger partial charge on any atom is 0.0626 e. The van der Waals surface area contributed by atoms with Gasteiger partial charge in [-0.2, -0.15) is 0 Å². The van der Waals surface area contributed by atoms with Gasteiger partial charge in [0.05, 0.1) is 6.04 Å². The largest absolute Gasteiger partial charge is 0.396 e. The van der Waals surface area contributed by atoms with Crippen molar-refractivity contribution < 1.29 is 5.11 Å². The van der Waals surface area contributed by atoms with Crippen LogP contribution >= 0.6 is 0 Å². The summed E-state index contributed by atoms with van der Waals surface area (Å²) in [6.07, 6.45) is 1.33. The minimum absolute atomic E-state index is 0.127. The highest BCUT2D eigenvalue weighted by molar-refractivity contribution is 5.31. The number of rotatable bonds is 5. The van der Waals surface area contributed by atoms with Gasteiger partial charge in [0, 0.05) is 11.5 Å². The lowest BCUT2D eigenvalue weighted by Crippen LogP contribution is -1.98. The van der Waals surface area contributed by atoms with E-state index in [1.54, 1.807) is 0 Å². The van der Waals surface area contributed by atoms with Crippen molar-refractivity contribution in [3.63, 3.8) is 0 Å². The molecule has 4 nitrogen and oxygen atoms in total. The Hall–Kier alpha value is -1.51. The number of aliphatic hydroxyl groups excluding tert-OH is 1. The van der Waals surface area contributed by atoms with Crippen LogP contribution in [-0.2, 0) is 0 Å². The molecule has 1 aromatic carbocycles. The first-order valence-corrected chi connectivity index (χ1v) is 5.41. The van der Waals surface area contributed by atoms with E-state index in [2.05, 4.69) is 16.9 Å². The van der Waals surface area contributed by atoms with Gasteiger partial charge in [0.25, 0.3) is 0 Å². The monoisotopic (exact) mass is 219 g/mol. The molecule has 0 amide bonds. The summed E-state index contributed by atoms with van der Waals surface area (Å²) in [7, 11) is 0. The third-order valence-electron chi connectivity index (χ3n) is 2.74. The Morgan fingerprint density at radius 2 is 2.12 bits per heavy atom. The number of aliphatic hydroxyl groups is 1. The van der Waals surface area contributed by atoms with Gasteiger partial charge in [-0.1, -0.05) is 23.3 Å². The maximum atomic E-state index is 8.79.